The second kappa shape index (κ2) is 34.7. The molecule has 8 nitrogen and oxygen atoms in total. The Kier molecular flexibility index (Phi) is 46.4. The average molecular weight is 454 g/mol. The second-order valence-corrected chi connectivity index (χ2v) is 6.15. The van der Waals surface area contributed by atoms with Crippen molar-refractivity contribution in [1.29, 1.82) is 0 Å². The Labute approximate surface area is 190 Å². The van der Waals surface area contributed by atoms with E-state index in [-0.39, 0.29) is 59.3 Å². The molecule has 9 heteroatoms. The van der Waals surface area contributed by atoms with Gasteiger partial charge in [-0.3, -0.25) is 22.2 Å². The van der Waals surface area contributed by atoms with E-state index in [1.807, 2.05) is 27.7 Å². The van der Waals surface area contributed by atoms with Gasteiger partial charge in [-0.1, -0.05) is 40.5 Å². The fourth-order valence-electron chi connectivity index (χ4n) is 0.695. The van der Waals surface area contributed by atoms with E-state index in [0.717, 1.165) is 0 Å². The van der Waals surface area contributed by atoms with E-state index in [1.54, 1.807) is 13.8 Å². The van der Waals surface area contributed by atoms with Crippen LogP contribution in [0.1, 0.15) is 54.4 Å². The van der Waals surface area contributed by atoms with Gasteiger partial charge in [0.05, 0.1) is 0 Å². The first-order chi connectivity index (χ1) is 13.2. The Bertz CT molecular complexity index is 326. The van der Waals surface area contributed by atoms with Crippen LogP contribution in [0.25, 0.3) is 0 Å². The summed E-state index contributed by atoms with van der Waals surface area (Å²) in [6.07, 6.45) is 2.69. The van der Waals surface area contributed by atoms with Crippen LogP contribution in [0.4, 0.5) is 0 Å². The van der Waals surface area contributed by atoms with E-state index in [1.165, 1.54) is 12.6 Å². The Morgan fingerprint density at radius 3 is 1.14 bits per heavy atom. The zero-order chi connectivity index (χ0) is 22.8. The number of Topliss-reactive ketones (excluding diaryl/α,β-unsaturated/α-hetero) is 2. The van der Waals surface area contributed by atoms with Crippen LogP contribution in [0.2, 0.25) is 0 Å². The number of carbonyl (C=O) groups is 2. The quantitative estimate of drug-likeness (QED) is 0.258. The fraction of sp³-hybridized carbons (Fsp3) is 0.800. The number of hydrogen-bond acceptors (Lipinski definition) is 8. The smallest absolute Gasteiger partial charge is 0.541 e. The maximum Gasteiger partial charge on any atom is 2.00 e. The fourth-order valence-corrected chi connectivity index (χ4v) is 0.695. The first-order valence-electron chi connectivity index (χ1n) is 9.27. The van der Waals surface area contributed by atoms with Gasteiger partial charge in [0, 0.05) is 26.4 Å². The minimum absolute atomic E-state index is 0. The zero-order valence-corrected chi connectivity index (χ0v) is 20.2. The summed E-state index contributed by atoms with van der Waals surface area (Å²) in [6.45, 7) is 13.2. The first kappa shape index (κ1) is 38.8. The van der Waals surface area contributed by atoms with Gasteiger partial charge in [-0.15, -0.1) is 0 Å². The number of ether oxygens (including phenoxy) is 2. The van der Waals surface area contributed by atoms with Crippen LogP contribution in [0.5, 0.6) is 0 Å². The number of ketones is 2. The molecule has 0 fully saturated rings. The van der Waals surface area contributed by atoms with Crippen LogP contribution < -0.4 is 0 Å². The van der Waals surface area contributed by atoms with Gasteiger partial charge in [0.2, 0.25) is 0 Å². The van der Waals surface area contributed by atoms with Gasteiger partial charge >= 0.3 is 21.7 Å². The number of hydrogen-bond donors (Lipinski definition) is 2. The molecule has 0 aliphatic rings. The molecule has 0 atom stereocenters. The van der Waals surface area contributed by atoms with E-state index in [2.05, 4.69) is 0 Å². The molecular formula is C20H38O8Ti. The summed E-state index contributed by atoms with van der Waals surface area (Å²) >= 11 is 0. The van der Waals surface area contributed by atoms with Crippen molar-refractivity contribution in [2.45, 2.75) is 54.4 Å². The van der Waals surface area contributed by atoms with Crippen LogP contribution in [0.15, 0.2) is 0 Å². The van der Waals surface area contributed by atoms with Crippen LogP contribution >= 0.6 is 0 Å². The predicted octanol–water partition coefficient (Wildman–Crippen LogP) is 1.45. The molecule has 0 rings (SSSR count). The summed E-state index contributed by atoms with van der Waals surface area (Å²) in [7, 11) is 0. The molecule has 0 radical (unpaired) electrons. The molecule has 0 bridgehead atoms. The van der Waals surface area contributed by atoms with Crippen molar-refractivity contribution in [3.8, 4) is 0 Å². The Hall–Kier alpha value is -0.766. The monoisotopic (exact) mass is 454 g/mol. The molecule has 0 aromatic carbocycles. The van der Waals surface area contributed by atoms with Crippen molar-refractivity contribution in [1.82, 2.24) is 0 Å². The summed E-state index contributed by atoms with van der Waals surface area (Å²) in [4.78, 5) is 40.0. The summed E-state index contributed by atoms with van der Waals surface area (Å²) < 4.78 is 9.44. The van der Waals surface area contributed by atoms with Crippen molar-refractivity contribution < 1.29 is 60.6 Å². The molecule has 0 amide bonds. The van der Waals surface area contributed by atoms with Crippen LogP contribution in [-0.4, -0.2) is 74.0 Å². The van der Waals surface area contributed by atoms with E-state index >= 15 is 0 Å². The number of carbonyl (C=O) groups excluding carboxylic acids is 4. The molecule has 0 saturated heterocycles. The molecule has 29 heavy (non-hydrogen) atoms. The minimum atomic E-state index is -0.216. The molecule has 0 spiro atoms. The molecular weight excluding hydrogens is 416 g/mol. The molecule has 0 aliphatic heterocycles. The first-order valence-corrected chi connectivity index (χ1v) is 9.27. The largest absolute Gasteiger partial charge is 2.00 e. The van der Waals surface area contributed by atoms with Crippen LogP contribution in [0, 0.1) is 11.8 Å². The van der Waals surface area contributed by atoms with Gasteiger partial charge in [-0.05, 0) is 25.7 Å². The molecule has 0 heterocycles. The SMILES string of the molecule is CC(C)CO.CC(C)CO.CCOCC(=O)C[C-]=O.CCOCC(=O)C[C-]=O.[Ti+2]. The molecule has 0 aliphatic carbocycles. The van der Waals surface area contributed by atoms with Gasteiger partial charge < -0.3 is 29.3 Å². The third-order valence-corrected chi connectivity index (χ3v) is 2.20. The summed E-state index contributed by atoms with van der Waals surface area (Å²) in [5.41, 5.74) is 0. The average Bonchev–Trinajstić information content (AvgIpc) is 2.66. The maximum atomic E-state index is 10.4. The molecule has 170 valence electrons. The van der Waals surface area contributed by atoms with Crippen molar-refractivity contribution in [3.63, 3.8) is 0 Å². The Balaban J connectivity index is -0.0000000907. The second-order valence-electron chi connectivity index (χ2n) is 6.15. The van der Waals surface area contributed by atoms with Crippen molar-refractivity contribution in [3.05, 3.63) is 0 Å². The third kappa shape index (κ3) is 58.4. The van der Waals surface area contributed by atoms with Gasteiger partial charge in [0.15, 0.2) is 0 Å². The van der Waals surface area contributed by atoms with Gasteiger partial charge in [-0.2, -0.15) is 0 Å². The topological polar surface area (TPSA) is 127 Å². The van der Waals surface area contributed by atoms with Gasteiger partial charge in [0.25, 0.3) is 0 Å². The standard InChI is InChI=1S/2C6H9O3.2C4H10O.Ti/c2*1-2-9-5-6(8)3-4-7;2*1-4(2)3-5;/h2*2-3,5H2,1H3;2*4-5H,3H2,1-2H3;/q2*-1;;;+2. The molecule has 0 unspecified atom stereocenters. The Morgan fingerprint density at radius 1 is 0.759 bits per heavy atom. The molecule has 0 saturated carbocycles. The van der Waals surface area contributed by atoms with Crippen molar-refractivity contribution >= 4 is 24.1 Å². The number of rotatable bonds is 12. The zero-order valence-electron chi connectivity index (χ0n) is 18.7. The predicted molar refractivity (Wildman–Crippen MR) is 107 cm³/mol. The number of aliphatic hydroxyl groups excluding tert-OH is 2. The van der Waals surface area contributed by atoms with Crippen LogP contribution in [0.3, 0.4) is 0 Å². The summed E-state index contributed by atoms with van der Waals surface area (Å²) in [5, 5.41) is 16.3. The van der Waals surface area contributed by atoms with E-state index in [0.29, 0.717) is 38.3 Å². The number of aliphatic hydroxyl groups is 2. The normalized spacial score (nSPS) is 8.90. The van der Waals surface area contributed by atoms with Gasteiger partial charge in [0.1, 0.15) is 24.8 Å². The van der Waals surface area contributed by atoms with Gasteiger partial charge in [-0.25, -0.2) is 0 Å². The van der Waals surface area contributed by atoms with Crippen molar-refractivity contribution in [2.24, 2.45) is 11.8 Å². The Morgan fingerprint density at radius 2 is 1.00 bits per heavy atom. The molecule has 2 N–H and O–H groups in total. The van der Waals surface area contributed by atoms with E-state index < -0.39 is 0 Å². The minimum Gasteiger partial charge on any atom is -0.541 e. The molecule has 0 aromatic heterocycles. The van der Waals surface area contributed by atoms with Crippen molar-refractivity contribution in [2.75, 3.05) is 39.6 Å². The summed E-state index contributed by atoms with van der Waals surface area (Å²) in [5.74, 6) is 0.448. The summed E-state index contributed by atoms with van der Waals surface area (Å²) in [6, 6.07) is 0. The van der Waals surface area contributed by atoms with Crippen LogP contribution in [-0.2, 0) is 50.4 Å². The maximum absolute atomic E-state index is 10.4. The van der Waals surface area contributed by atoms with E-state index in [9.17, 15) is 19.2 Å². The van der Waals surface area contributed by atoms with E-state index in [4.69, 9.17) is 19.7 Å². The molecule has 0 aromatic rings. The third-order valence-electron chi connectivity index (χ3n) is 2.20.